The van der Waals surface area contributed by atoms with Crippen LogP contribution >= 0.6 is 11.3 Å². The summed E-state index contributed by atoms with van der Waals surface area (Å²) in [4.78, 5) is 12.5. The number of carbonyl (C=O) groups is 1. The molecule has 2 aromatic rings. The Morgan fingerprint density at radius 3 is 2.65 bits per heavy atom. The van der Waals surface area contributed by atoms with Crippen LogP contribution in [0.15, 0.2) is 35.7 Å². The molecule has 1 atom stereocenters. The van der Waals surface area contributed by atoms with E-state index in [4.69, 9.17) is 10.5 Å². The Morgan fingerprint density at radius 2 is 2.05 bits per heavy atom. The summed E-state index contributed by atoms with van der Waals surface area (Å²) in [5.74, 6) is 0.706. The molecular weight excluding hydrogens is 272 g/mol. The van der Waals surface area contributed by atoms with Crippen LogP contribution in [0.3, 0.4) is 0 Å². The van der Waals surface area contributed by atoms with Crippen molar-refractivity contribution in [2.45, 2.75) is 19.5 Å². The molecule has 1 heterocycles. The number of hydrogen-bond acceptors (Lipinski definition) is 4. The van der Waals surface area contributed by atoms with E-state index in [1.165, 1.54) is 0 Å². The monoisotopic (exact) mass is 290 g/mol. The van der Waals surface area contributed by atoms with Gasteiger partial charge in [0.2, 0.25) is 5.91 Å². The van der Waals surface area contributed by atoms with Crippen molar-refractivity contribution in [3.8, 4) is 16.9 Å². The second-order valence-corrected chi connectivity index (χ2v) is 5.53. The lowest BCUT2D eigenvalue weighted by Crippen LogP contribution is -2.37. The van der Waals surface area contributed by atoms with Crippen LogP contribution in [-0.2, 0) is 11.3 Å². The van der Waals surface area contributed by atoms with E-state index in [2.05, 4.69) is 16.8 Å². The third-order valence-electron chi connectivity index (χ3n) is 2.93. The molecule has 0 aliphatic heterocycles. The van der Waals surface area contributed by atoms with Gasteiger partial charge in [-0.05, 0) is 41.6 Å². The predicted octanol–water partition coefficient (Wildman–Crippen LogP) is 2.39. The van der Waals surface area contributed by atoms with E-state index in [1.54, 1.807) is 25.4 Å². The molecule has 2 rings (SSSR count). The fourth-order valence-electron chi connectivity index (χ4n) is 1.74. The summed E-state index contributed by atoms with van der Waals surface area (Å²) in [6.07, 6.45) is 0. The van der Waals surface area contributed by atoms with Gasteiger partial charge in [0, 0.05) is 4.88 Å². The fraction of sp³-hybridized carbons (Fsp3) is 0.267. The largest absolute Gasteiger partial charge is 0.497 e. The first kappa shape index (κ1) is 14.6. The number of nitrogens with one attached hydrogen (secondary N) is 1. The normalized spacial score (nSPS) is 11.9. The zero-order valence-electron chi connectivity index (χ0n) is 11.6. The second kappa shape index (κ2) is 6.54. The molecule has 0 aliphatic rings. The minimum Gasteiger partial charge on any atom is -0.497 e. The molecule has 5 heteroatoms. The Hall–Kier alpha value is -1.85. The lowest BCUT2D eigenvalue weighted by Gasteiger charge is -2.05. The van der Waals surface area contributed by atoms with Gasteiger partial charge in [0.1, 0.15) is 5.75 Å². The first-order valence-electron chi connectivity index (χ1n) is 6.35. The van der Waals surface area contributed by atoms with Gasteiger partial charge >= 0.3 is 0 Å². The quantitative estimate of drug-likeness (QED) is 0.888. The Morgan fingerprint density at radius 1 is 1.35 bits per heavy atom. The van der Waals surface area contributed by atoms with Gasteiger partial charge in [-0.3, -0.25) is 4.79 Å². The summed E-state index contributed by atoms with van der Waals surface area (Å²) in [6, 6.07) is 9.51. The Kier molecular flexibility index (Phi) is 4.76. The number of benzene rings is 1. The van der Waals surface area contributed by atoms with Crippen LogP contribution < -0.4 is 15.8 Å². The fourth-order valence-corrected chi connectivity index (χ4v) is 2.58. The van der Waals surface area contributed by atoms with Gasteiger partial charge in [0.25, 0.3) is 0 Å². The van der Waals surface area contributed by atoms with Crippen LogP contribution in [0.5, 0.6) is 5.75 Å². The van der Waals surface area contributed by atoms with Crippen molar-refractivity contribution in [2.75, 3.05) is 7.11 Å². The molecule has 3 N–H and O–H groups in total. The van der Waals surface area contributed by atoms with E-state index in [9.17, 15) is 4.79 Å². The van der Waals surface area contributed by atoms with Gasteiger partial charge in [-0.2, -0.15) is 0 Å². The summed E-state index contributed by atoms with van der Waals surface area (Å²) >= 11 is 1.62. The van der Waals surface area contributed by atoms with Crippen molar-refractivity contribution in [1.82, 2.24) is 5.32 Å². The van der Waals surface area contributed by atoms with Crippen LogP contribution in [0.1, 0.15) is 11.8 Å². The highest BCUT2D eigenvalue weighted by molar-refractivity contribution is 7.10. The van der Waals surface area contributed by atoms with Crippen molar-refractivity contribution >= 4 is 17.2 Å². The third kappa shape index (κ3) is 3.59. The van der Waals surface area contributed by atoms with Crippen LogP contribution in [0, 0.1) is 0 Å². The van der Waals surface area contributed by atoms with Crippen molar-refractivity contribution in [3.05, 3.63) is 40.6 Å². The molecule has 4 nitrogen and oxygen atoms in total. The van der Waals surface area contributed by atoms with Gasteiger partial charge in [-0.25, -0.2) is 0 Å². The van der Waals surface area contributed by atoms with Crippen LogP contribution in [-0.4, -0.2) is 19.1 Å². The first-order chi connectivity index (χ1) is 9.60. The molecule has 0 unspecified atom stereocenters. The Bertz CT molecular complexity index is 576. The molecule has 0 saturated heterocycles. The highest BCUT2D eigenvalue weighted by Crippen LogP contribution is 2.27. The van der Waals surface area contributed by atoms with Gasteiger partial charge in [0.15, 0.2) is 0 Å². The van der Waals surface area contributed by atoms with Crippen molar-refractivity contribution in [3.63, 3.8) is 0 Å². The average molecular weight is 290 g/mol. The second-order valence-electron chi connectivity index (χ2n) is 4.54. The summed E-state index contributed by atoms with van der Waals surface area (Å²) in [5.41, 5.74) is 7.78. The van der Waals surface area contributed by atoms with Crippen molar-refractivity contribution < 1.29 is 9.53 Å². The smallest absolute Gasteiger partial charge is 0.236 e. The molecular formula is C15H18N2O2S. The molecule has 0 bridgehead atoms. The Balaban J connectivity index is 2.02. The van der Waals surface area contributed by atoms with Gasteiger partial charge in [-0.1, -0.05) is 12.1 Å². The number of amides is 1. The SMILES string of the molecule is COc1ccc(-c2csc(CNC(=O)[C@H](C)N)c2)cc1. The minimum atomic E-state index is -0.476. The molecule has 106 valence electrons. The summed E-state index contributed by atoms with van der Waals surface area (Å²) in [5, 5.41) is 4.89. The average Bonchev–Trinajstić information content (AvgIpc) is 2.93. The van der Waals surface area contributed by atoms with Crippen molar-refractivity contribution in [1.29, 1.82) is 0 Å². The van der Waals surface area contributed by atoms with Crippen LogP contribution in [0.25, 0.3) is 11.1 Å². The van der Waals surface area contributed by atoms with E-state index >= 15 is 0 Å². The summed E-state index contributed by atoms with van der Waals surface area (Å²) in [6.45, 7) is 2.19. The number of ether oxygens (including phenoxy) is 1. The molecule has 0 saturated carbocycles. The lowest BCUT2D eigenvalue weighted by atomic mass is 10.1. The van der Waals surface area contributed by atoms with Crippen molar-refractivity contribution in [2.24, 2.45) is 5.73 Å². The lowest BCUT2D eigenvalue weighted by molar-refractivity contribution is -0.122. The zero-order valence-corrected chi connectivity index (χ0v) is 12.4. The molecule has 0 fully saturated rings. The highest BCUT2D eigenvalue weighted by Gasteiger charge is 2.08. The maximum absolute atomic E-state index is 11.4. The molecule has 1 aromatic carbocycles. The number of hydrogen-bond donors (Lipinski definition) is 2. The third-order valence-corrected chi connectivity index (χ3v) is 3.86. The predicted molar refractivity (Wildman–Crippen MR) is 81.8 cm³/mol. The van der Waals surface area contributed by atoms with E-state index in [0.717, 1.165) is 21.8 Å². The summed E-state index contributed by atoms with van der Waals surface area (Å²) in [7, 11) is 1.65. The molecule has 0 spiro atoms. The number of carbonyl (C=O) groups excluding carboxylic acids is 1. The topological polar surface area (TPSA) is 64.3 Å². The molecule has 1 aromatic heterocycles. The number of thiophene rings is 1. The van der Waals surface area contributed by atoms with Gasteiger partial charge < -0.3 is 15.8 Å². The van der Waals surface area contributed by atoms with Crippen LogP contribution in [0.2, 0.25) is 0 Å². The minimum absolute atomic E-state index is 0.135. The molecule has 1 amide bonds. The molecule has 0 aliphatic carbocycles. The standard InChI is InChI=1S/C15H18N2O2S/c1-10(16)15(18)17-8-14-7-12(9-20-14)11-3-5-13(19-2)6-4-11/h3-7,9-10H,8,16H2,1-2H3,(H,17,18)/t10-/m0/s1. The maximum atomic E-state index is 11.4. The number of nitrogens with two attached hydrogens (primary N) is 1. The van der Waals surface area contributed by atoms with Gasteiger partial charge in [-0.15, -0.1) is 11.3 Å². The molecule has 0 radical (unpaired) electrons. The first-order valence-corrected chi connectivity index (χ1v) is 7.23. The summed E-state index contributed by atoms with van der Waals surface area (Å²) < 4.78 is 5.14. The van der Waals surface area contributed by atoms with E-state index in [-0.39, 0.29) is 5.91 Å². The van der Waals surface area contributed by atoms with Crippen LogP contribution in [0.4, 0.5) is 0 Å². The highest BCUT2D eigenvalue weighted by atomic mass is 32.1. The number of rotatable bonds is 5. The Labute approximate surface area is 122 Å². The van der Waals surface area contributed by atoms with Gasteiger partial charge in [0.05, 0.1) is 19.7 Å². The van der Waals surface area contributed by atoms with E-state index in [0.29, 0.717) is 6.54 Å². The molecule has 20 heavy (non-hydrogen) atoms. The zero-order chi connectivity index (χ0) is 14.5. The maximum Gasteiger partial charge on any atom is 0.236 e. The van der Waals surface area contributed by atoms with E-state index in [1.807, 2.05) is 24.3 Å². The number of methoxy groups -OCH3 is 1. The van der Waals surface area contributed by atoms with E-state index < -0.39 is 6.04 Å².